The summed E-state index contributed by atoms with van der Waals surface area (Å²) in [6, 6.07) is 0. The molecule has 1 aromatic heterocycles. The Bertz CT molecular complexity index is 544. The number of hydrogen-bond acceptors (Lipinski definition) is 6. The zero-order chi connectivity index (χ0) is 12.6. The number of carbonyl (C=O) groups excluding carboxylic acids is 1. The Morgan fingerprint density at radius 2 is 2.29 bits per heavy atom. The van der Waals surface area contributed by atoms with E-state index in [9.17, 15) is 13.2 Å². The summed E-state index contributed by atoms with van der Waals surface area (Å²) >= 11 is 0.994. The largest absolute Gasteiger partial charge is 0.431 e. The maximum absolute atomic E-state index is 11.7. The van der Waals surface area contributed by atoms with Gasteiger partial charge in [-0.3, -0.25) is 0 Å². The lowest BCUT2D eigenvalue weighted by Gasteiger charge is -2.25. The van der Waals surface area contributed by atoms with Crippen molar-refractivity contribution in [2.45, 2.75) is 24.5 Å². The van der Waals surface area contributed by atoms with Gasteiger partial charge in [-0.1, -0.05) is 0 Å². The Balaban J connectivity index is 2.29. The third kappa shape index (κ3) is 2.62. The van der Waals surface area contributed by atoms with Gasteiger partial charge in [0.05, 0.1) is 6.61 Å². The highest BCUT2D eigenvalue weighted by molar-refractivity contribution is 8.14. The summed E-state index contributed by atoms with van der Waals surface area (Å²) in [5.74, 6) is -0.716. The molecule has 0 spiro atoms. The van der Waals surface area contributed by atoms with Crippen molar-refractivity contribution in [3.8, 4) is 0 Å². The van der Waals surface area contributed by atoms with Gasteiger partial charge in [0, 0.05) is 17.1 Å². The summed E-state index contributed by atoms with van der Waals surface area (Å²) in [5.41, 5.74) is 0.437. The van der Waals surface area contributed by atoms with Crippen LogP contribution in [-0.4, -0.2) is 27.3 Å². The predicted octanol–water partition coefficient (Wildman–Crippen LogP) is 1.89. The number of thiophene rings is 1. The van der Waals surface area contributed by atoms with Crippen molar-refractivity contribution in [3.63, 3.8) is 0 Å². The third-order valence-electron chi connectivity index (χ3n) is 2.24. The Kier molecular flexibility index (Phi) is 3.44. The normalized spacial score (nSPS) is 19.8. The van der Waals surface area contributed by atoms with Crippen molar-refractivity contribution >= 4 is 37.0 Å². The predicted molar refractivity (Wildman–Crippen MR) is 61.9 cm³/mol. The summed E-state index contributed by atoms with van der Waals surface area (Å²) < 4.78 is 32.6. The number of ether oxygens (including phenoxy) is 2. The molecule has 1 fully saturated rings. The number of rotatable bonds is 3. The first-order valence-corrected chi connectivity index (χ1v) is 7.94. The van der Waals surface area contributed by atoms with Gasteiger partial charge in [0.1, 0.15) is 9.77 Å². The number of aryl methyl sites for hydroxylation is 1. The van der Waals surface area contributed by atoms with Crippen LogP contribution in [0.3, 0.4) is 0 Å². The molecule has 0 bridgehead atoms. The monoisotopic (exact) mass is 296 g/mol. The van der Waals surface area contributed by atoms with Crippen molar-refractivity contribution in [1.29, 1.82) is 0 Å². The van der Waals surface area contributed by atoms with Crippen LogP contribution in [0, 0.1) is 6.92 Å². The molecular weight excluding hydrogens is 288 g/mol. The second kappa shape index (κ2) is 4.56. The summed E-state index contributed by atoms with van der Waals surface area (Å²) in [6.45, 7) is 2.12. The van der Waals surface area contributed by atoms with E-state index in [2.05, 4.69) is 0 Å². The van der Waals surface area contributed by atoms with Gasteiger partial charge in [0.25, 0.3) is 9.05 Å². The summed E-state index contributed by atoms with van der Waals surface area (Å²) in [4.78, 5) is 11.5. The standard InChI is InChI=1S/C9H9ClO5S2/c1-5-4-16-7(8(5)17(10,12)13)9(11)15-6-2-3-14-6/h4,6H,2-3H2,1H3. The molecule has 0 radical (unpaired) electrons. The van der Waals surface area contributed by atoms with Crippen LogP contribution < -0.4 is 0 Å². The quantitative estimate of drug-likeness (QED) is 0.629. The molecule has 1 unspecified atom stereocenters. The van der Waals surface area contributed by atoms with Crippen molar-refractivity contribution in [2.75, 3.05) is 6.61 Å². The lowest BCUT2D eigenvalue weighted by Crippen LogP contribution is -2.31. The Morgan fingerprint density at radius 3 is 2.76 bits per heavy atom. The van der Waals surface area contributed by atoms with E-state index in [1.54, 1.807) is 12.3 Å². The van der Waals surface area contributed by atoms with E-state index in [0.29, 0.717) is 18.6 Å². The van der Waals surface area contributed by atoms with Gasteiger partial charge in [0.15, 0.2) is 0 Å². The molecule has 17 heavy (non-hydrogen) atoms. The SMILES string of the molecule is Cc1csc(C(=O)OC2CCO2)c1S(=O)(=O)Cl. The minimum absolute atomic E-state index is 0.00648. The minimum atomic E-state index is -3.95. The Hall–Kier alpha value is -0.630. The van der Waals surface area contributed by atoms with Crippen LogP contribution >= 0.6 is 22.0 Å². The molecule has 0 aromatic carbocycles. The Morgan fingerprint density at radius 1 is 1.65 bits per heavy atom. The lowest BCUT2D eigenvalue weighted by atomic mass is 10.3. The van der Waals surface area contributed by atoms with Gasteiger partial charge in [-0.15, -0.1) is 11.3 Å². The summed E-state index contributed by atoms with van der Waals surface area (Å²) in [6.07, 6.45) is 0.0507. The molecule has 1 atom stereocenters. The summed E-state index contributed by atoms with van der Waals surface area (Å²) in [7, 11) is 1.33. The molecule has 0 saturated carbocycles. The molecular formula is C9H9ClO5S2. The molecule has 1 aromatic rings. The fraction of sp³-hybridized carbons (Fsp3) is 0.444. The molecule has 94 valence electrons. The molecule has 0 N–H and O–H groups in total. The second-order valence-corrected chi connectivity index (χ2v) is 6.89. The van der Waals surface area contributed by atoms with E-state index in [-0.39, 0.29) is 9.77 Å². The van der Waals surface area contributed by atoms with E-state index in [1.807, 2.05) is 0 Å². The minimum Gasteiger partial charge on any atom is -0.431 e. The Labute approximate surface area is 107 Å². The smallest absolute Gasteiger partial charge is 0.352 e. The fourth-order valence-electron chi connectivity index (χ4n) is 1.36. The molecule has 5 nitrogen and oxygen atoms in total. The number of hydrogen-bond donors (Lipinski definition) is 0. The van der Waals surface area contributed by atoms with Crippen molar-refractivity contribution in [1.82, 2.24) is 0 Å². The van der Waals surface area contributed by atoms with Gasteiger partial charge >= 0.3 is 5.97 Å². The molecule has 1 saturated heterocycles. The molecule has 2 heterocycles. The number of carbonyl (C=O) groups is 1. The van der Waals surface area contributed by atoms with Crippen LogP contribution in [0.25, 0.3) is 0 Å². The van der Waals surface area contributed by atoms with Gasteiger partial charge in [-0.2, -0.15) is 0 Å². The van der Waals surface area contributed by atoms with Gasteiger partial charge in [-0.25, -0.2) is 13.2 Å². The third-order valence-corrected chi connectivity index (χ3v) is 4.93. The van der Waals surface area contributed by atoms with E-state index in [4.69, 9.17) is 20.2 Å². The average Bonchev–Trinajstić information content (AvgIpc) is 2.52. The highest BCUT2D eigenvalue weighted by Gasteiger charge is 2.30. The van der Waals surface area contributed by atoms with Crippen molar-refractivity contribution in [3.05, 3.63) is 15.8 Å². The molecule has 0 aliphatic carbocycles. The van der Waals surface area contributed by atoms with Crippen LogP contribution in [0.1, 0.15) is 21.7 Å². The molecule has 2 rings (SSSR count). The van der Waals surface area contributed by atoms with Crippen molar-refractivity contribution in [2.24, 2.45) is 0 Å². The molecule has 1 aliphatic heterocycles. The first kappa shape index (κ1) is 12.8. The highest BCUT2D eigenvalue weighted by Crippen LogP contribution is 2.31. The van der Waals surface area contributed by atoms with Crippen LogP contribution in [0.5, 0.6) is 0 Å². The maximum Gasteiger partial charge on any atom is 0.352 e. The van der Waals surface area contributed by atoms with Crippen molar-refractivity contribution < 1.29 is 22.7 Å². The van der Waals surface area contributed by atoms with Crippen LogP contribution in [0.15, 0.2) is 10.3 Å². The maximum atomic E-state index is 11.7. The average molecular weight is 297 g/mol. The second-order valence-electron chi connectivity index (χ2n) is 3.51. The van der Waals surface area contributed by atoms with E-state index < -0.39 is 21.3 Å². The van der Waals surface area contributed by atoms with E-state index in [0.717, 1.165) is 11.3 Å². The van der Waals surface area contributed by atoms with Gasteiger partial charge in [0.2, 0.25) is 6.29 Å². The first-order valence-electron chi connectivity index (χ1n) is 4.75. The van der Waals surface area contributed by atoms with E-state index in [1.165, 1.54) is 0 Å². The van der Waals surface area contributed by atoms with E-state index >= 15 is 0 Å². The number of esters is 1. The first-order chi connectivity index (χ1) is 7.89. The van der Waals surface area contributed by atoms with Crippen LogP contribution in [-0.2, 0) is 18.5 Å². The fourth-order valence-corrected chi connectivity index (χ4v) is 4.21. The zero-order valence-electron chi connectivity index (χ0n) is 8.80. The molecule has 8 heteroatoms. The van der Waals surface area contributed by atoms with Gasteiger partial charge < -0.3 is 9.47 Å². The zero-order valence-corrected chi connectivity index (χ0v) is 11.2. The van der Waals surface area contributed by atoms with Gasteiger partial charge in [-0.05, 0) is 17.9 Å². The summed E-state index contributed by atoms with van der Waals surface area (Å²) in [5, 5.41) is 1.55. The number of halogens is 1. The molecule has 0 amide bonds. The molecule has 1 aliphatic rings. The van der Waals surface area contributed by atoms with Crippen LogP contribution in [0.2, 0.25) is 0 Å². The van der Waals surface area contributed by atoms with Crippen LogP contribution in [0.4, 0.5) is 0 Å². The topological polar surface area (TPSA) is 69.7 Å². The highest BCUT2D eigenvalue weighted by atomic mass is 35.7. The lowest BCUT2D eigenvalue weighted by molar-refractivity contribution is -0.184.